The van der Waals surface area contributed by atoms with Gasteiger partial charge in [-0.3, -0.25) is 14.9 Å². The van der Waals surface area contributed by atoms with E-state index in [0.717, 1.165) is 11.1 Å². The van der Waals surface area contributed by atoms with E-state index in [1.54, 1.807) is 24.3 Å². The average molecular weight is 347 g/mol. The molecule has 3 N–H and O–H groups in total. The van der Waals surface area contributed by atoms with Gasteiger partial charge < -0.3 is 10.6 Å². The van der Waals surface area contributed by atoms with E-state index in [0.29, 0.717) is 5.69 Å². The van der Waals surface area contributed by atoms with Gasteiger partial charge in [-0.1, -0.05) is 30.0 Å². The summed E-state index contributed by atoms with van der Waals surface area (Å²) in [6, 6.07) is 16.1. The molecule has 0 spiro atoms. The first-order valence-corrected chi connectivity index (χ1v) is 8.05. The van der Waals surface area contributed by atoms with Gasteiger partial charge in [0.05, 0.1) is 6.42 Å². The molecular formula is C20H17N3O3. The number of imide groups is 1. The van der Waals surface area contributed by atoms with Crippen LogP contribution in [0.25, 0.3) is 0 Å². The van der Waals surface area contributed by atoms with Gasteiger partial charge in [0, 0.05) is 16.8 Å². The molecule has 1 saturated heterocycles. The van der Waals surface area contributed by atoms with Crippen molar-refractivity contribution in [3.05, 3.63) is 65.7 Å². The summed E-state index contributed by atoms with van der Waals surface area (Å²) in [6.45, 7) is 1.51. The van der Waals surface area contributed by atoms with Crippen molar-refractivity contribution in [2.24, 2.45) is 0 Å². The van der Waals surface area contributed by atoms with Crippen LogP contribution in [0.1, 0.15) is 24.5 Å². The van der Waals surface area contributed by atoms with Gasteiger partial charge in [0.25, 0.3) is 5.91 Å². The van der Waals surface area contributed by atoms with E-state index in [1.165, 1.54) is 6.92 Å². The van der Waals surface area contributed by atoms with E-state index in [-0.39, 0.29) is 12.3 Å². The highest BCUT2D eigenvalue weighted by atomic mass is 16.2. The normalized spacial score (nSPS) is 18.3. The number of hydrogen-bond donors (Lipinski definition) is 3. The Morgan fingerprint density at radius 1 is 1.00 bits per heavy atom. The van der Waals surface area contributed by atoms with Crippen LogP contribution in [0.2, 0.25) is 0 Å². The lowest BCUT2D eigenvalue weighted by Gasteiger charge is -2.19. The number of benzene rings is 2. The summed E-state index contributed by atoms with van der Waals surface area (Å²) in [5.74, 6) is 5.24. The van der Waals surface area contributed by atoms with Crippen molar-refractivity contribution in [2.45, 2.75) is 18.9 Å². The van der Waals surface area contributed by atoms with Gasteiger partial charge >= 0.3 is 6.03 Å². The zero-order chi connectivity index (χ0) is 18.6. The first-order valence-electron chi connectivity index (χ1n) is 8.05. The summed E-state index contributed by atoms with van der Waals surface area (Å²) in [7, 11) is 0. The number of hydrogen-bond acceptors (Lipinski definition) is 3. The molecule has 130 valence electrons. The monoisotopic (exact) mass is 347 g/mol. The molecule has 26 heavy (non-hydrogen) atoms. The summed E-state index contributed by atoms with van der Waals surface area (Å²) in [4.78, 5) is 35.1. The van der Waals surface area contributed by atoms with Crippen molar-refractivity contribution in [2.75, 3.05) is 5.32 Å². The summed E-state index contributed by atoms with van der Waals surface area (Å²) < 4.78 is 0. The molecule has 1 unspecified atom stereocenters. The van der Waals surface area contributed by atoms with Crippen LogP contribution in [0.4, 0.5) is 10.5 Å². The zero-order valence-electron chi connectivity index (χ0n) is 14.1. The minimum atomic E-state index is -1.23. The third kappa shape index (κ3) is 4.08. The molecule has 1 atom stereocenters. The molecule has 1 aliphatic rings. The number of amides is 4. The van der Waals surface area contributed by atoms with Gasteiger partial charge in [0.15, 0.2) is 0 Å². The second-order valence-corrected chi connectivity index (χ2v) is 6.16. The van der Waals surface area contributed by atoms with Gasteiger partial charge in [-0.05, 0) is 43.3 Å². The van der Waals surface area contributed by atoms with Gasteiger partial charge in [-0.25, -0.2) is 4.79 Å². The lowest BCUT2D eigenvalue weighted by Crippen LogP contribution is -2.46. The SMILES string of the molecule is CC1(CC(=O)Nc2ccc(C#Cc3ccccc3)cc2)NC(=O)NC1=O. The van der Waals surface area contributed by atoms with Crippen LogP contribution in [0.15, 0.2) is 54.6 Å². The molecule has 0 aliphatic carbocycles. The summed E-state index contributed by atoms with van der Waals surface area (Å²) in [5, 5.41) is 7.30. The minimum absolute atomic E-state index is 0.153. The molecule has 0 saturated carbocycles. The van der Waals surface area contributed by atoms with Crippen LogP contribution in [-0.4, -0.2) is 23.4 Å². The fourth-order valence-corrected chi connectivity index (χ4v) is 2.53. The Balaban J connectivity index is 1.61. The first kappa shape index (κ1) is 17.2. The predicted molar refractivity (Wildman–Crippen MR) is 97.2 cm³/mol. The van der Waals surface area contributed by atoms with Crippen molar-refractivity contribution < 1.29 is 14.4 Å². The Labute approximate surface area is 151 Å². The van der Waals surface area contributed by atoms with Crippen molar-refractivity contribution >= 4 is 23.5 Å². The van der Waals surface area contributed by atoms with Gasteiger partial charge in [-0.15, -0.1) is 0 Å². The molecule has 2 aromatic carbocycles. The molecule has 1 fully saturated rings. The van der Waals surface area contributed by atoms with Crippen molar-refractivity contribution in [3.63, 3.8) is 0 Å². The Bertz CT molecular complexity index is 911. The molecule has 2 aromatic rings. The van der Waals surface area contributed by atoms with E-state index < -0.39 is 17.5 Å². The Kier molecular flexibility index (Phi) is 4.72. The number of rotatable bonds is 3. The third-order valence-electron chi connectivity index (χ3n) is 3.93. The van der Waals surface area contributed by atoms with Crippen LogP contribution in [0, 0.1) is 11.8 Å². The van der Waals surface area contributed by atoms with E-state index in [9.17, 15) is 14.4 Å². The van der Waals surface area contributed by atoms with Crippen LogP contribution in [0.3, 0.4) is 0 Å². The molecule has 1 heterocycles. The quantitative estimate of drug-likeness (QED) is 0.586. The number of nitrogens with one attached hydrogen (secondary N) is 3. The second-order valence-electron chi connectivity index (χ2n) is 6.16. The van der Waals surface area contributed by atoms with Crippen LogP contribution >= 0.6 is 0 Å². The number of carbonyl (C=O) groups is 3. The van der Waals surface area contributed by atoms with Crippen molar-refractivity contribution in [3.8, 4) is 11.8 Å². The second kappa shape index (κ2) is 7.11. The standard InChI is InChI=1S/C20H17N3O3/c1-20(18(25)22-19(26)23-20)13-17(24)21-16-11-9-15(10-12-16)8-7-14-5-3-2-4-6-14/h2-6,9-12H,13H2,1H3,(H,21,24)(H2,22,23,25,26). The summed E-state index contributed by atoms with van der Waals surface area (Å²) in [6.07, 6.45) is -0.153. The maximum atomic E-state index is 12.2. The van der Waals surface area contributed by atoms with E-state index in [4.69, 9.17) is 0 Å². The minimum Gasteiger partial charge on any atom is -0.326 e. The molecule has 6 nitrogen and oxygen atoms in total. The lowest BCUT2D eigenvalue weighted by molar-refractivity contribution is -0.127. The number of urea groups is 1. The molecule has 3 rings (SSSR count). The van der Waals surface area contributed by atoms with E-state index in [2.05, 4.69) is 27.8 Å². The molecule has 1 aliphatic heterocycles. The Morgan fingerprint density at radius 3 is 2.19 bits per heavy atom. The smallest absolute Gasteiger partial charge is 0.322 e. The fourth-order valence-electron chi connectivity index (χ4n) is 2.53. The maximum Gasteiger partial charge on any atom is 0.322 e. The average Bonchev–Trinajstić information content (AvgIpc) is 2.86. The van der Waals surface area contributed by atoms with E-state index >= 15 is 0 Å². The number of anilines is 1. The molecular weight excluding hydrogens is 330 g/mol. The highest BCUT2D eigenvalue weighted by Gasteiger charge is 2.43. The van der Waals surface area contributed by atoms with Crippen LogP contribution < -0.4 is 16.0 Å². The largest absolute Gasteiger partial charge is 0.326 e. The zero-order valence-corrected chi connectivity index (χ0v) is 14.1. The molecule has 0 radical (unpaired) electrons. The topological polar surface area (TPSA) is 87.3 Å². The molecule has 0 bridgehead atoms. The van der Waals surface area contributed by atoms with Gasteiger partial charge in [0.1, 0.15) is 5.54 Å². The van der Waals surface area contributed by atoms with Gasteiger partial charge in [0.2, 0.25) is 5.91 Å². The van der Waals surface area contributed by atoms with Gasteiger partial charge in [-0.2, -0.15) is 0 Å². The molecule has 6 heteroatoms. The predicted octanol–water partition coefficient (Wildman–Crippen LogP) is 2.01. The summed E-state index contributed by atoms with van der Waals surface area (Å²) >= 11 is 0. The van der Waals surface area contributed by atoms with E-state index in [1.807, 2.05) is 30.3 Å². The maximum absolute atomic E-state index is 12.2. The highest BCUT2D eigenvalue weighted by molar-refractivity contribution is 6.09. The highest BCUT2D eigenvalue weighted by Crippen LogP contribution is 2.16. The molecule has 0 aromatic heterocycles. The Hall–Kier alpha value is -3.59. The van der Waals surface area contributed by atoms with Crippen LogP contribution in [-0.2, 0) is 9.59 Å². The molecule has 4 amide bonds. The number of carbonyl (C=O) groups excluding carboxylic acids is 3. The first-order chi connectivity index (χ1) is 12.4. The summed E-state index contributed by atoms with van der Waals surface area (Å²) in [5.41, 5.74) is 1.10. The van der Waals surface area contributed by atoms with Crippen molar-refractivity contribution in [1.82, 2.24) is 10.6 Å². The lowest BCUT2D eigenvalue weighted by atomic mass is 9.98. The Morgan fingerprint density at radius 2 is 1.62 bits per heavy atom. The van der Waals surface area contributed by atoms with Crippen molar-refractivity contribution in [1.29, 1.82) is 0 Å². The third-order valence-corrected chi connectivity index (χ3v) is 3.93. The fraction of sp³-hybridized carbons (Fsp3) is 0.150. The van der Waals surface area contributed by atoms with Crippen LogP contribution in [0.5, 0.6) is 0 Å².